The number of fused-ring (bicyclic) bond motifs is 9. The summed E-state index contributed by atoms with van der Waals surface area (Å²) in [6.07, 6.45) is 11.8. The molecule has 262 valence electrons. The van der Waals surface area contributed by atoms with Crippen molar-refractivity contribution in [2.75, 3.05) is 0 Å². The molecule has 0 amide bonds. The number of hydrogen-bond acceptors (Lipinski definition) is 0. The molecule has 10 aromatic rings. The van der Waals surface area contributed by atoms with E-state index in [9.17, 15) is 0 Å². The van der Waals surface area contributed by atoms with Crippen molar-refractivity contribution in [1.82, 2.24) is 0 Å². The molecule has 0 aliphatic heterocycles. The molecule has 10 aromatic carbocycles. The third kappa shape index (κ3) is 4.08. The third-order valence-electron chi connectivity index (χ3n) is 12.3. The lowest BCUT2D eigenvalue weighted by molar-refractivity contribution is 1.62. The first-order chi connectivity index (χ1) is 27.4. The normalized spacial score (nSPS) is 11.8. The van der Waals surface area contributed by atoms with Crippen LogP contribution in [0.5, 0.6) is 0 Å². The van der Waals surface area contributed by atoms with Gasteiger partial charge >= 0.3 is 0 Å². The van der Waals surface area contributed by atoms with Gasteiger partial charge in [-0.25, -0.2) is 0 Å². The molecule has 0 fully saturated rings. The maximum Gasteiger partial charge on any atom is -0.000741 e. The molecule has 0 unspecified atom stereocenters. The first-order valence-corrected chi connectivity index (χ1v) is 18.9. The van der Waals surface area contributed by atoms with E-state index in [4.69, 9.17) is 13.2 Å². The Labute approximate surface area is 326 Å². The minimum Gasteiger partial charge on any atom is -0.0984 e. The highest BCUT2D eigenvalue weighted by Crippen LogP contribution is 2.50. The second-order valence-corrected chi connectivity index (χ2v) is 14.7. The molecule has 0 aliphatic rings. The molecule has 0 atom stereocenters. The predicted molar refractivity (Wildman–Crippen MR) is 254 cm³/mol. The van der Waals surface area contributed by atoms with E-state index < -0.39 is 0 Å². The first-order valence-electron chi connectivity index (χ1n) is 18.9. The Kier molecular flexibility index (Phi) is 7.20. The standard InChI is InChI=1S/C56H38/c1-9-33-29-35-21-15-16-23-41(35)50(37(33)11-3)51-39(13-5)47-31(7)32(8)48-40(14-6)54-52-44(27-20-28-46(52)56(48)55(47)45-25-18-17-24-43(45)51)42-26-19-22-36-30-34(10-2)38(12-4)53(54)49(36)42/h9-30H,1-8H2. The van der Waals surface area contributed by atoms with Crippen LogP contribution in [-0.4, -0.2) is 0 Å². The lowest BCUT2D eigenvalue weighted by Gasteiger charge is -2.25. The molecule has 0 saturated carbocycles. The summed E-state index contributed by atoms with van der Waals surface area (Å²) in [5.74, 6) is 0. The number of hydrogen-bond donors (Lipinski definition) is 0. The van der Waals surface area contributed by atoms with Gasteiger partial charge < -0.3 is 0 Å². The van der Waals surface area contributed by atoms with Gasteiger partial charge in [-0.15, -0.1) is 0 Å². The molecular weight excluding hydrogens is 673 g/mol. The number of rotatable bonds is 7. The van der Waals surface area contributed by atoms with Crippen LogP contribution in [0.4, 0.5) is 0 Å². The quantitative estimate of drug-likeness (QED) is 0.114. The SMILES string of the molecule is C=Cc1cc2ccccc2c(-c2c(C=C)c3c(=C)c(=C)c4c(C=C)c5c6c(C=C)c(C=C)cc7cccc(c8cccc(c85)c4c3c3ccccc23)c76)c1C=C. The van der Waals surface area contributed by atoms with Crippen molar-refractivity contribution in [3.05, 3.63) is 180 Å². The van der Waals surface area contributed by atoms with Crippen LogP contribution in [0.15, 0.2) is 137 Å². The molecule has 56 heavy (non-hydrogen) atoms. The lowest BCUT2D eigenvalue weighted by Crippen LogP contribution is -2.25. The van der Waals surface area contributed by atoms with Crippen molar-refractivity contribution >= 4 is 136 Å². The Morgan fingerprint density at radius 3 is 1.43 bits per heavy atom. The van der Waals surface area contributed by atoms with Crippen molar-refractivity contribution in [2.24, 2.45) is 0 Å². The minimum atomic E-state index is 0.870. The van der Waals surface area contributed by atoms with Gasteiger partial charge in [0.25, 0.3) is 0 Å². The molecule has 0 heteroatoms. The Balaban J connectivity index is 1.56. The van der Waals surface area contributed by atoms with E-state index in [0.717, 1.165) is 114 Å². The summed E-state index contributed by atoms with van der Waals surface area (Å²) >= 11 is 0. The molecule has 0 heterocycles. The van der Waals surface area contributed by atoms with Crippen molar-refractivity contribution < 1.29 is 0 Å². The fourth-order valence-electron chi connectivity index (χ4n) is 10.0. The average Bonchev–Trinajstić information content (AvgIpc) is 3.24. The Hall–Kier alpha value is -7.28. The smallest absolute Gasteiger partial charge is 0.000741 e. The zero-order chi connectivity index (χ0) is 38.6. The van der Waals surface area contributed by atoms with E-state index in [2.05, 4.69) is 137 Å². The van der Waals surface area contributed by atoms with E-state index in [-0.39, 0.29) is 0 Å². The summed E-state index contributed by atoms with van der Waals surface area (Å²) in [7, 11) is 0. The van der Waals surface area contributed by atoms with Crippen LogP contribution >= 0.6 is 0 Å². The van der Waals surface area contributed by atoms with E-state index in [1.165, 1.54) is 26.9 Å². The molecule has 0 saturated heterocycles. The summed E-state index contributed by atoms with van der Waals surface area (Å²) < 4.78 is 0. The lowest BCUT2D eigenvalue weighted by atomic mass is 9.78. The molecule has 0 spiro atoms. The number of benzene rings is 10. The molecule has 10 rings (SSSR count). The largest absolute Gasteiger partial charge is 0.0984 e. The van der Waals surface area contributed by atoms with Crippen LogP contribution in [0.25, 0.3) is 147 Å². The molecule has 0 N–H and O–H groups in total. The van der Waals surface area contributed by atoms with Crippen LogP contribution in [-0.2, 0) is 0 Å². The summed E-state index contributed by atoms with van der Waals surface area (Å²) in [6, 6.07) is 35.1. The Bertz CT molecular complexity index is 3610. The molecular formula is C56H38. The van der Waals surface area contributed by atoms with E-state index >= 15 is 0 Å². The molecule has 0 bridgehead atoms. The molecule has 0 radical (unpaired) electrons. The predicted octanol–water partition coefficient (Wildman–Crippen LogP) is 14.7. The van der Waals surface area contributed by atoms with Gasteiger partial charge in [-0.05, 0) is 153 Å². The summed E-state index contributed by atoms with van der Waals surface area (Å²) in [6.45, 7) is 35.8. The van der Waals surface area contributed by atoms with Crippen LogP contribution in [0.2, 0.25) is 0 Å². The van der Waals surface area contributed by atoms with Gasteiger partial charge in [0.1, 0.15) is 0 Å². The minimum absolute atomic E-state index is 0.870. The van der Waals surface area contributed by atoms with Crippen molar-refractivity contribution in [2.45, 2.75) is 0 Å². The second kappa shape index (κ2) is 12.1. The second-order valence-electron chi connectivity index (χ2n) is 14.7. The van der Waals surface area contributed by atoms with Gasteiger partial charge in [0.05, 0.1) is 0 Å². The highest BCUT2D eigenvalue weighted by molar-refractivity contribution is 6.43. The summed E-state index contributed by atoms with van der Waals surface area (Å²) in [4.78, 5) is 0. The Morgan fingerprint density at radius 1 is 0.304 bits per heavy atom. The van der Waals surface area contributed by atoms with Gasteiger partial charge in [0.2, 0.25) is 0 Å². The average molecular weight is 711 g/mol. The fourth-order valence-corrected chi connectivity index (χ4v) is 10.0. The summed E-state index contributed by atoms with van der Waals surface area (Å²) in [5.41, 5.74) is 8.45. The molecule has 0 aliphatic carbocycles. The zero-order valence-corrected chi connectivity index (χ0v) is 31.4. The van der Waals surface area contributed by atoms with E-state index in [1.807, 2.05) is 36.5 Å². The van der Waals surface area contributed by atoms with E-state index in [0.29, 0.717) is 0 Å². The Morgan fingerprint density at radius 2 is 0.750 bits per heavy atom. The van der Waals surface area contributed by atoms with Crippen LogP contribution in [0.1, 0.15) is 33.4 Å². The maximum atomic E-state index is 4.86. The zero-order valence-electron chi connectivity index (χ0n) is 31.4. The molecule has 0 aromatic heterocycles. The highest BCUT2D eigenvalue weighted by atomic mass is 14.3. The van der Waals surface area contributed by atoms with Crippen molar-refractivity contribution in [3.8, 4) is 11.1 Å². The highest BCUT2D eigenvalue weighted by Gasteiger charge is 2.26. The maximum absolute atomic E-state index is 4.86. The van der Waals surface area contributed by atoms with Gasteiger partial charge in [0, 0.05) is 0 Å². The molecule has 0 nitrogen and oxygen atoms in total. The first kappa shape index (κ1) is 33.3. The van der Waals surface area contributed by atoms with Crippen molar-refractivity contribution in [3.63, 3.8) is 0 Å². The van der Waals surface area contributed by atoms with Crippen LogP contribution in [0, 0.1) is 0 Å². The monoisotopic (exact) mass is 710 g/mol. The van der Waals surface area contributed by atoms with Crippen molar-refractivity contribution in [1.29, 1.82) is 0 Å². The van der Waals surface area contributed by atoms with Gasteiger partial charge in [-0.2, -0.15) is 0 Å². The fraction of sp³-hybridized carbons (Fsp3) is 0. The van der Waals surface area contributed by atoms with Crippen LogP contribution < -0.4 is 10.4 Å². The van der Waals surface area contributed by atoms with Gasteiger partial charge in [-0.3, -0.25) is 0 Å². The van der Waals surface area contributed by atoms with Gasteiger partial charge in [0.15, 0.2) is 0 Å². The van der Waals surface area contributed by atoms with E-state index in [1.54, 1.807) is 0 Å². The third-order valence-corrected chi connectivity index (χ3v) is 12.3. The summed E-state index contributed by atoms with van der Waals surface area (Å²) in [5, 5.41) is 20.1. The van der Waals surface area contributed by atoms with Crippen LogP contribution in [0.3, 0.4) is 0 Å². The topological polar surface area (TPSA) is 0 Å². The van der Waals surface area contributed by atoms with Gasteiger partial charge in [-0.1, -0.05) is 174 Å².